The third-order valence-corrected chi connectivity index (χ3v) is 7.70. The number of nitrogens with one attached hydrogen (secondary N) is 4. The molecule has 2 unspecified atom stereocenters. The van der Waals surface area contributed by atoms with E-state index in [0.29, 0.717) is 5.06 Å². The summed E-state index contributed by atoms with van der Waals surface area (Å²) in [4.78, 5) is 87.0. The molecule has 0 saturated heterocycles. The Kier molecular flexibility index (Phi) is 14.2. The number of hydroxylamine groups is 2. The molecule has 0 aliphatic carbocycles. The molecule has 3 aromatic heterocycles. The number of allylic oxidation sites excluding steroid dienone is 3. The number of hydrogen-bond acceptors (Lipinski definition) is 14. The van der Waals surface area contributed by atoms with E-state index in [-0.39, 0.29) is 77.2 Å². The maximum absolute atomic E-state index is 13.2. The topological polar surface area (TPSA) is 285 Å². The fraction of sp³-hybridized carbons (Fsp3) is 0.265. The van der Waals surface area contributed by atoms with Gasteiger partial charge in [-0.3, -0.25) is 38.8 Å². The van der Waals surface area contributed by atoms with Gasteiger partial charge in [-0.1, -0.05) is 30.9 Å². The number of aromatic nitrogens is 3. The van der Waals surface area contributed by atoms with Gasteiger partial charge in [0.2, 0.25) is 0 Å². The smallest absolute Gasteiger partial charge is 0.283 e. The van der Waals surface area contributed by atoms with E-state index in [1.807, 2.05) is 0 Å². The van der Waals surface area contributed by atoms with Crippen LogP contribution in [0.4, 0.5) is 0 Å². The number of carbonyl (C=O) groups is 4. The molecule has 292 valence electrons. The average Bonchev–Trinajstić information content (AvgIpc) is 3.15. The van der Waals surface area contributed by atoms with Gasteiger partial charge >= 0.3 is 0 Å². The van der Waals surface area contributed by atoms with Gasteiger partial charge in [-0.25, -0.2) is 5.06 Å². The molecule has 55 heavy (non-hydrogen) atoms. The summed E-state index contributed by atoms with van der Waals surface area (Å²) < 4.78 is 11.8. The second kappa shape index (κ2) is 19.2. The third kappa shape index (κ3) is 11.0. The number of hydrogen-bond donors (Lipinski definition) is 8. The lowest BCUT2D eigenvalue weighted by Crippen LogP contribution is -2.48. The standard InChI is InChI=1S/C34H38N8O13/c1-21-6-2-7-24(39(21)50)31(46)35-14-16-54-19-22(37-33(48)26-9-4-12-29(44)41(26)52)18-23(38-34(49)27-10-5-13-30(45)42(27)53)20-55-17-15-36-32(47)25-8-3-11-28(43)40(25)51/h2-13,22-23,50-53H,1,14-20H2,(H,35,46)(H,36,47)(H,37,48)(H,38,49). The van der Waals surface area contributed by atoms with Crippen LogP contribution in [0.15, 0.2) is 105 Å². The summed E-state index contributed by atoms with van der Waals surface area (Å²) in [5.74, 6) is -3.25. The lowest BCUT2D eigenvalue weighted by Gasteiger charge is -2.26. The van der Waals surface area contributed by atoms with Gasteiger partial charge in [-0.2, -0.15) is 0 Å². The van der Waals surface area contributed by atoms with E-state index in [9.17, 15) is 54.4 Å². The van der Waals surface area contributed by atoms with Crippen LogP contribution in [0.2, 0.25) is 0 Å². The molecule has 1 aliphatic rings. The van der Waals surface area contributed by atoms with Crippen LogP contribution in [0.5, 0.6) is 0 Å². The van der Waals surface area contributed by atoms with Gasteiger partial charge in [0.1, 0.15) is 22.8 Å². The van der Waals surface area contributed by atoms with Gasteiger partial charge in [0.15, 0.2) is 0 Å². The monoisotopic (exact) mass is 766 g/mol. The normalized spacial score (nSPS) is 13.4. The van der Waals surface area contributed by atoms with Gasteiger partial charge in [0, 0.05) is 31.3 Å². The SMILES string of the molecule is C=C1C=CC=C(C(=O)NCCOCC(CC(COCCNC(=O)c2cccc(=O)n2O)NC(=O)c2cccc(=O)n2O)NC(=O)c2cccc(=O)n2O)N1O. The van der Waals surface area contributed by atoms with Crippen LogP contribution in [-0.4, -0.2) is 115 Å². The molecular formula is C34H38N8O13. The lowest BCUT2D eigenvalue weighted by atomic mass is 10.1. The Morgan fingerprint density at radius 3 is 1.51 bits per heavy atom. The van der Waals surface area contributed by atoms with Gasteiger partial charge in [0.05, 0.1) is 44.2 Å². The predicted octanol–water partition coefficient (Wildman–Crippen LogP) is -1.59. The molecule has 2 atom stereocenters. The number of rotatable bonds is 18. The Morgan fingerprint density at radius 1 is 0.636 bits per heavy atom. The summed E-state index contributed by atoms with van der Waals surface area (Å²) in [5, 5.41) is 51.0. The zero-order chi connectivity index (χ0) is 40.1. The highest BCUT2D eigenvalue weighted by atomic mass is 16.5. The second-order valence-electron chi connectivity index (χ2n) is 11.6. The summed E-state index contributed by atoms with van der Waals surface area (Å²) in [5.41, 5.74) is -3.70. The van der Waals surface area contributed by atoms with Crippen molar-refractivity contribution in [2.45, 2.75) is 18.5 Å². The first kappa shape index (κ1) is 40.8. The number of nitrogens with zero attached hydrogens (tertiary/aromatic N) is 4. The van der Waals surface area contributed by atoms with Crippen molar-refractivity contribution in [3.63, 3.8) is 0 Å². The summed E-state index contributed by atoms with van der Waals surface area (Å²) >= 11 is 0. The number of pyridine rings is 3. The molecule has 3 aromatic rings. The van der Waals surface area contributed by atoms with Crippen LogP contribution in [0, 0.1) is 0 Å². The average molecular weight is 767 g/mol. The predicted molar refractivity (Wildman–Crippen MR) is 188 cm³/mol. The lowest BCUT2D eigenvalue weighted by molar-refractivity contribution is -0.124. The van der Waals surface area contributed by atoms with E-state index in [1.165, 1.54) is 54.6 Å². The van der Waals surface area contributed by atoms with Crippen LogP contribution < -0.4 is 37.9 Å². The van der Waals surface area contributed by atoms with Gasteiger partial charge in [0.25, 0.3) is 40.3 Å². The van der Waals surface area contributed by atoms with E-state index >= 15 is 0 Å². The van der Waals surface area contributed by atoms with E-state index < -0.39 is 63.8 Å². The Hall–Kier alpha value is -6.97. The first-order valence-electron chi connectivity index (χ1n) is 16.4. The van der Waals surface area contributed by atoms with Crippen LogP contribution in [0.1, 0.15) is 37.9 Å². The first-order chi connectivity index (χ1) is 26.3. The summed E-state index contributed by atoms with van der Waals surface area (Å²) in [6.07, 6.45) is 4.22. The van der Waals surface area contributed by atoms with Crippen molar-refractivity contribution in [2.75, 3.05) is 39.5 Å². The molecule has 0 aromatic carbocycles. The largest absolute Gasteiger partial charge is 0.425 e. The fourth-order valence-corrected chi connectivity index (χ4v) is 4.98. The zero-order valence-corrected chi connectivity index (χ0v) is 29.0. The minimum atomic E-state index is -1.01. The first-order valence-corrected chi connectivity index (χ1v) is 16.4. The summed E-state index contributed by atoms with van der Waals surface area (Å²) in [7, 11) is 0. The van der Waals surface area contributed by atoms with Crippen molar-refractivity contribution in [3.8, 4) is 0 Å². The molecule has 4 amide bonds. The molecule has 8 N–H and O–H groups in total. The highest BCUT2D eigenvalue weighted by Crippen LogP contribution is 2.15. The van der Waals surface area contributed by atoms with E-state index in [1.54, 1.807) is 0 Å². The van der Waals surface area contributed by atoms with Gasteiger partial charge in [-0.15, -0.1) is 14.2 Å². The molecule has 21 heteroatoms. The maximum Gasteiger partial charge on any atom is 0.283 e. The number of amides is 4. The highest BCUT2D eigenvalue weighted by molar-refractivity contribution is 5.94. The van der Waals surface area contributed by atoms with Crippen molar-refractivity contribution in [3.05, 3.63) is 139 Å². The molecule has 0 bridgehead atoms. The molecular weight excluding hydrogens is 728 g/mol. The Morgan fingerprint density at radius 2 is 1.05 bits per heavy atom. The molecule has 4 heterocycles. The molecule has 4 rings (SSSR count). The molecule has 0 fully saturated rings. The van der Waals surface area contributed by atoms with Crippen molar-refractivity contribution in [1.29, 1.82) is 0 Å². The van der Waals surface area contributed by atoms with Crippen molar-refractivity contribution < 1.29 is 49.5 Å². The van der Waals surface area contributed by atoms with Crippen LogP contribution in [0.3, 0.4) is 0 Å². The Balaban J connectivity index is 1.46. The quantitative estimate of drug-likeness (QED) is 0.0536. The van der Waals surface area contributed by atoms with Gasteiger partial charge in [-0.05, 0) is 36.8 Å². The minimum Gasteiger partial charge on any atom is -0.425 e. The van der Waals surface area contributed by atoms with Crippen molar-refractivity contribution >= 4 is 23.6 Å². The van der Waals surface area contributed by atoms with Crippen molar-refractivity contribution in [2.24, 2.45) is 0 Å². The maximum atomic E-state index is 13.2. The fourth-order valence-electron chi connectivity index (χ4n) is 4.98. The Labute approximate surface area is 310 Å². The number of carbonyl (C=O) groups excluding carboxylic acids is 4. The number of ether oxygens (including phenoxy) is 2. The van der Waals surface area contributed by atoms with Crippen LogP contribution >= 0.6 is 0 Å². The van der Waals surface area contributed by atoms with E-state index in [0.717, 1.165) is 18.2 Å². The van der Waals surface area contributed by atoms with Crippen molar-refractivity contribution in [1.82, 2.24) is 40.5 Å². The highest BCUT2D eigenvalue weighted by Gasteiger charge is 2.25. The molecule has 0 saturated carbocycles. The second-order valence-corrected chi connectivity index (χ2v) is 11.6. The van der Waals surface area contributed by atoms with E-state index in [2.05, 4.69) is 27.8 Å². The molecule has 0 radical (unpaired) electrons. The molecule has 21 nitrogen and oxygen atoms in total. The minimum absolute atomic E-state index is 0.0534. The Bertz CT molecular complexity index is 2160. The zero-order valence-electron chi connectivity index (χ0n) is 29.0. The van der Waals surface area contributed by atoms with Crippen LogP contribution in [0.25, 0.3) is 0 Å². The third-order valence-electron chi connectivity index (χ3n) is 7.70. The van der Waals surface area contributed by atoms with Gasteiger partial charge < -0.3 is 46.4 Å². The summed E-state index contributed by atoms with van der Waals surface area (Å²) in [6.45, 7) is 2.61. The molecule has 1 aliphatic heterocycles. The van der Waals surface area contributed by atoms with Crippen LogP contribution in [-0.2, 0) is 14.3 Å². The summed E-state index contributed by atoms with van der Waals surface area (Å²) in [6, 6.07) is 8.44. The molecule has 0 spiro atoms. The van der Waals surface area contributed by atoms with E-state index in [4.69, 9.17) is 9.47 Å².